The number of aliphatic hydroxyl groups excluding tert-OH is 1. The molecule has 1 nitrogen and oxygen atoms in total. The third-order valence-electron chi connectivity index (χ3n) is 4.61. The van der Waals surface area contributed by atoms with Crippen LogP contribution in [0, 0.1) is 0 Å². The number of fused-ring (bicyclic) bond motifs is 1. The smallest absolute Gasteiger partial charge is 0.105 e. The summed E-state index contributed by atoms with van der Waals surface area (Å²) in [6.07, 6.45) is 3.40. The van der Waals surface area contributed by atoms with Crippen molar-refractivity contribution in [3.63, 3.8) is 0 Å². The minimum atomic E-state index is -0.527. The molecule has 3 aromatic rings. The molecule has 0 amide bonds. The Morgan fingerprint density at radius 2 is 1.90 bits per heavy atom. The van der Waals surface area contributed by atoms with Crippen molar-refractivity contribution in [1.82, 2.24) is 0 Å². The van der Waals surface area contributed by atoms with Crippen molar-refractivity contribution in [3.8, 4) is 0 Å². The van der Waals surface area contributed by atoms with E-state index in [2.05, 4.69) is 35.7 Å². The Labute approximate surface area is 128 Å². The zero-order valence-electron chi connectivity index (χ0n) is 11.8. The van der Waals surface area contributed by atoms with Gasteiger partial charge in [-0.05, 0) is 46.7 Å². The van der Waals surface area contributed by atoms with E-state index in [9.17, 15) is 5.11 Å². The number of aliphatic hydroxyl groups is 1. The van der Waals surface area contributed by atoms with E-state index in [-0.39, 0.29) is 0 Å². The van der Waals surface area contributed by atoms with Crippen molar-refractivity contribution in [2.45, 2.75) is 31.3 Å². The lowest BCUT2D eigenvalue weighted by Crippen LogP contribution is -2.09. The summed E-state index contributed by atoms with van der Waals surface area (Å²) < 4.78 is 1.24. The average molecular weight is 294 g/mol. The monoisotopic (exact) mass is 294 g/mol. The molecule has 21 heavy (non-hydrogen) atoms. The quantitative estimate of drug-likeness (QED) is 0.699. The van der Waals surface area contributed by atoms with Gasteiger partial charge in [-0.25, -0.2) is 0 Å². The third kappa shape index (κ3) is 2.29. The molecular formula is C19H18OS. The summed E-state index contributed by atoms with van der Waals surface area (Å²) in [7, 11) is 0. The second-order valence-corrected chi connectivity index (χ2v) is 6.80. The first-order valence-electron chi connectivity index (χ1n) is 7.57. The molecule has 2 aromatic carbocycles. The van der Waals surface area contributed by atoms with Crippen LogP contribution >= 0.6 is 11.3 Å². The Morgan fingerprint density at radius 3 is 2.71 bits per heavy atom. The van der Waals surface area contributed by atoms with Crippen LogP contribution in [-0.4, -0.2) is 5.11 Å². The van der Waals surface area contributed by atoms with Crippen molar-refractivity contribution in [1.29, 1.82) is 0 Å². The van der Waals surface area contributed by atoms with Crippen LogP contribution in [0.2, 0.25) is 0 Å². The van der Waals surface area contributed by atoms with Crippen LogP contribution in [0.5, 0.6) is 0 Å². The highest BCUT2D eigenvalue weighted by atomic mass is 32.1. The number of thiophene rings is 1. The molecule has 1 aromatic heterocycles. The number of rotatable bonds is 3. The third-order valence-corrected chi connectivity index (χ3v) is 5.59. The summed E-state index contributed by atoms with van der Waals surface area (Å²) in [4.78, 5) is 0. The predicted molar refractivity (Wildman–Crippen MR) is 88.9 cm³/mol. The Balaban J connectivity index is 1.72. The summed E-state index contributed by atoms with van der Waals surface area (Å²) in [5.74, 6) is 0.705. The fourth-order valence-electron chi connectivity index (χ4n) is 3.11. The van der Waals surface area contributed by atoms with Gasteiger partial charge in [0.15, 0.2) is 0 Å². The second-order valence-electron chi connectivity index (χ2n) is 5.89. The first-order chi connectivity index (χ1) is 10.3. The summed E-state index contributed by atoms with van der Waals surface area (Å²) in [6.45, 7) is 0. The summed E-state index contributed by atoms with van der Waals surface area (Å²) in [6, 6.07) is 16.8. The topological polar surface area (TPSA) is 20.2 Å². The van der Waals surface area contributed by atoms with Crippen molar-refractivity contribution >= 4 is 21.4 Å². The van der Waals surface area contributed by atoms with Gasteiger partial charge in [-0.3, -0.25) is 0 Å². The molecule has 1 unspecified atom stereocenters. The number of benzene rings is 2. The molecule has 0 aliphatic heterocycles. The minimum Gasteiger partial charge on any atom is -0.384 e. The van der Waals surface area contributed by atoms with Crippen LogP contribution < -0.4 is 0 Å². The molecule has 0 spiro atoms. The van der Waals surface area contributed by atoms with Crippen LogP contribution in [0.4, 0.5) is 0 Å². The van der Waals surface area contributed by atoms with E-state index in [0.717, 1.165) is 11.1 Å². The molecule has 106 valence electrons. The lowest BCUT2D eigenvalue weighted by Gasteiger charge is -2.26. The maximum Gasteiger partial charge on any atom is 0.105 e. The van der Waals surface area contributed by atoms with Crippen molar-refractivity contribution in [2.24, 2.45) is 0 Å². The van der Waals surface area contributed by atoms with Gasteiger partial charge < -0.3 is 5.11 Å². The van der Waals surface area contributed by atoms with Crippen molar-refractivity contribution in [3.05, 3.63) is 70.6 Å². The van der Waals surface area contributed by atoms with Crippen molar-refractivity contribution < 1.29 is 5.11 Å². The molecule has 4 rings (SSSR count). The van der Waals surface area contributed by atoms with Gasteiger partial charge in [0.05, 0.1) is 0 Å². The molecule has 1 aliphatic rings. The zero-order valence-corrected chi connectivity index (χ0v) is 12.6. The second kappa shape index (κ2) is 5.28. The van der Waals surface area contributed by atoms with E-state index < -0.39 is 6.10 Å². The highest BCUT2D eigenvalue weighted by Crippen LogP contribution is 2.38. The van der Waals surface area contributed by atoms with Gasteiger partial charge in [0.2, 0.25) is 0 Å². The summed E-state index contributed by atoms with van der Waals surface area (Å²) in [5.41, 5.74) is 3.43. The van der Waals surface area contributed by atoms with Gasteiger partial charge in [-0.1, -0.05) is 48.9 Å². The Kier molecular flexibility index (Phi) is 3.28. The SMILES string of the molecule is OC(c1cccc(C2CCC2)c1)c1csc2ccccc12. The fraction of sp³-hybridized carbons (Fsp3) is 0.263. The molecule has 1 fully saturated rings. The van der Waals surface area contributed by atoms with Gasteiger partial charge in [0.25, 0.3) is 0 Å². The van der Waals surface area contributed by atoms with Crippen LogP contribution in [0.1, 0.15) is 48.0 Å². The molecule has 0 bridgehead atoms. The van der Waals surface area contributed by atoms with Crippen molar-refractivity contribution in [2.75, 3.05) is 0 Å². The molecule has 2 heteroatoms. The summed E-state index contributed by atoms with van der Waals surface area (Å²) in [5, 5.41) is 14.0. The van der Waals surface area contributed by atoms with Gasteiger partial charge >= 0.3 is 0 Å². The average Bonchev–Trinajstić information content (AvgIpc) is 2.89. The Morgan fingerprint density at radius 1 is 1.05 bits per heavy atom. The maximum absolute atomic E-state index is 10.8. The van der Waals surface area contributed by atoms with E-state index in [4.69, 9.17) is 0 Å². The molecule has 1 atom stereocenters. The standard InChI is InChI=1S/C19H18OS/c20-19(17-12-21-18-10-2-1-9-16(17)18)15-8-4-7-14(11-15)13-5-3-6-13/h1-2,4,7-13,19-20H,3,5-6H2. The molecule has 1 aliphatic carbocycles. The predicted octanol–water partition coefficient (Wildman–Crippen LogP) is 5.25. The number of hydrogen-bond donors (Lipinski definition) is 1. The van der Waals surface area contributed by atoms with E-state index in [1.165, 1.54) is 34.9 Å². The lowest BCUT2D eigenvalue weighted by molar-refractivity contribution is 0.222. The highest BCUT2D eigenvalue weighted by molar-refractivity contribution is 7.17. The molecule has 0 radical (unpaired) electrons. The lowest BCUT2D eigenvalue weighted by atomic mass is 9.79. The van der Waals surface area contributed by atoms with Gasteiger partial charge in [-0.15, -0.1) is 11.3 Å². The normalized spacial score (nSPS) is 16.8. The van der Waals surface area contributed by atoms with Crippen LogP contribution in [-0.2, 0) is 0 Å². The number of hydrogen-bond acceptors (Lipinski definition) is 2. The van der Waals surface area contributed by atoms with Gasteiger partial charge in [-0.2, -0.15) is 0 Å². The first kappa shape index (κ1) is 13.1. The van der Waals surface area contributed by atoms with E-state index in [0.29, 0.717) is 5.92 Å². The molecule has 1 saturated carbocycles. The molecule has 0 saturated heterocycles. The van der Waals surface area contributed by atoms with Crippen LogP contribution in [0.3, 0.4) is 0 Å². The van der Waals surface area contributed by atoms with E-state index >= 15 is 0 Å². The van der Waals surface area contributed by atoms with Gasteiger partial charge in [0.1, 0.15) is 6.10 Å². The highest BCUT2D eigenvalue weighted by Gasteiger charge is 2.21. The maximum atomic E-state index is 10.8. The molecular weight excluding hydrogens is 276 g/mol. The van der Waals surface area contributed by atoms with E-state index in [1.54, 1.807) is 11.3 Å². The molecule has 1 N–H and O–H groups in total. The Bertz CT molecular complexity index is 770. The first-order valence-corrected chi connectivity index (χ1v) is 8.45. The fourth-order valence-corrected chi connectivity index (χ4v) is 4.09. The van der Waals surface area contributed by atoms with Crippen LogP contribution in [0.15, 0.2) is 53.9 Å². The molecule has 1 heterocycles. The minimum absolute atomic E-state index is 0.527. The summed E-state index contributed by atoms with van der Waals surface area (Å²) >= 11 is 1.70. The largest absolute Gasteiger partial charge is 0.384 e. The van der Waals surface area contributed by atoms with Crippen LogP contribution in [0.25, 0.3) is 10.1 Å². The zero-order chi connectivity index (χ0) is 14.2. The van der Waals surface area contributed by atoms with E-state index in [1.807, 2.05) is 18.2 Å². The van der Waals surface area contributed by atoms with Gasteiger partial charge in [0, 0.05) is 10.3 Å². The Hall–Kier alpha value is -1.64.